The molecule has 1 amide bonds. The molecule has 0 saturated heterocycles. The number of amides is 1. The van der Waals surface area contributed by atoms with Crippen LogP contribution < -0.4 is 20.3 Å². The molecule has 1 heterocycles. The minimum Gasteiger partial charge on any atom is -0.495 e. The van der Waals surface area contributed by atoms with Gasteiger partial charge in [-0.1, -0.05) is 29.8 Å². The van der Waals surface area contributed by atoms with E-state index in [1.807, 2.05) is 0 Å². The van der Waals surface area contributed by atoms with E-state index in [0.717, 1.165) is 0 Å². The third kappa shape index (κ3) is 3.29. The lowest BCUT2D eigenvalue weighted by Gasteiger charge is -2.13. The number of aromatic amines is 1. The van der Waals surface area contributed by atoms with Gasteiger partial charge in [0.1, 0.15) is 17.2 Å². The molecule has 25 heavy (non-hydrogen) atoms. The number of H-pyrrole nitrogens is 1. The lowest BCUT2D eigenvalue weighted by molar-refractivity contribution is 0.102. The monoisotopic (exact) mass is 358 g/mol. The van der Waals surface area contributed by atoms with E-state index < -0.39 is 5.91 Å². The van der Waals surface area contributed by atoms with Crippen molar-refractivity contribution in [3.63, 3.8) is 0 Å². The molecular formula is C18H15ClN2O4. The van der Waals surface area contributed by atoms with Crippen molar-refractivity contribution >= 4 is 34.0 Å². The fraction of sp³-hybridized carbons (Fsp3) is 0.111. The van der Waals surface area contributed by atoms with Gasteiger partial charge in [-0.2, -0.15) is 0 Å². The fourth-order valence-corrected chi connectivity index (χ4v) is 2.72. The van der Waals surface area contributed by atoms with Crippen LogP contribution in [0.1, 0.15) is 10.5 Å². The number of nitrogens with one attached hydrogen (secondary N) is 2. The first-order valence-corrected chi connectivity index (χ1v) is 7.76. The van der Waals surface area contributed by atoms with Crippen LogP contribution in [0.5, 0.6) is 11.5 Å². The van der Waals surface area contributed by atoms with Crippen LogP contribution in [0.25, 0.3) is 10.8 Å². The Bertz CT molecular complexity index is 1010. The number of hydrogen-bond acceptors (Lipinski definition) is 4. The second kappa shape index (κ2) is 6.86. The molecule has 0 unspecified atom stereocenters. The minimum atomic E-state index is -0.484. The van der Waals surface area contributed by atoms with Gasteiger partial charge >= 0.3 is 0 Å². The number of ether oxygens (including phenoxy) is 2. The lowest BCUT2D eigenvalue weighted by Crippen LogP contribution is -2.19. The van der Waals surface area contributed by atoms with Gasteiger partial charge in [-0.3, -0.25) is 9.59 Å². The Kier molecular flexibility index (Phi) is 4.63. The van der Waals surface area contributed by atoms with Gasteiger partial charge < -0.3 is 19.8 Å². The Balaban J connectivity index is 1.98. The lowest BCUT2D eigenvalue weighted by atomic mass is 10.1. The minimum absolute atomic E-state index is 0.137. The summed E-state index contributed by atoms with van der Waals surface area (Å²) in [6.07, 6.45) is 0. The molecule has 0 radical (unpaired) electrons. The van der Waals surface area contributed by atoms with Crippen molar-refractivity contribution in [2.45, 2.75) is 0 Å². The van der Waals surface area contributed by atoms with Gasteiger partial charge in [0.05, 0.1) is 24.9 Å². The maximum absolute atomic E-state index is 12.5. The van der Waals surface area contributed by atoms with Gasteiger partial charge in [0.15, 0.2) is 0 Å². The Labute approximate surface area is 148 Å². The highest BCUT2D eigenvalue weighted by Gasteiger charge is 2.15. The molecule has 0 aliphatic heterocycles. The molecule has 7 heteroatoms. The molecule has 0 atom stereocenters. The SMILES string of the molecule is COc1cc(OC)c(NC(=O)c2cc3ccccc3c(=O)[nH]2)cc1Cl. The fourth-order valence-electron chi connectivity index (χ4n) is 2.48. The largest absolute Gasteiger partial charge is 0.495 e. The number of methoxy groups -OCH3 is 2. The van der Waals surface area contributed by atoms with Crippen LogP contribution in [0.15, 0.2) is 47.3 Å². The number of hydrogen-bond donors (Lipinski definition) is 2. The van der Waals surface area contributed by atoms with Crippen LogP contribution in [0.3, 0.4) is 0 Å². The van der Waals surface area contributed by atoms with Crippen molar-refractivity contribution in [1.82, 2.24) is 4.98 Å². The summed E-state index contributed by atoms with van der Waals surface area (Å²) in [6.45, 7) is 0. The van der Waals surface area contributed by atoms with Crippen LogP contribution in [0.4, 0.5) is 5.69 Å². The van der Waals surface area contributed by atoms with Crippen molar-refractivity contribution in [2.24, 2.45) is 0 Å². The van der Waals surface area contributed by atoms with E-state index in [1.165, 1.54) is 20.3 Å². The zero-order chi connectivity index (χ0) is 18.0. The number of rotatable bonds is 4. The highest BCUT2D eigenvalue weighted by Crippen LogP contribution is 2.36. The molecule has 1 aromatic heterocycles. The summed E-state index contributed by atoms with van der Waals surface area (Å²) in [7, 11) is 2.95. The van der Waals surface area contributed by atoms with E-state index in [1.54, 1.807) is 36.4 Å². The normalized spacial score (nSPS) is 10.5. The predicted octanol–water partition coefficient (Wildman–Crippen LogP) is 3.45. The molecule has 2 N–H and O–H groups in total. The van der Waals surface area contributed by atoms with E-state index in [-0.39, 0.29) is 11.3 Å². The molecule has 0 aliphatic carbocycles. The third-order valence-corrected chi connectivity index (χ3v) is 4.02. The Hall–Kier alpha value is -2.99. The zero-order valence-electron chi connectivity index (χ0n) is 13.6. The molecule has 128 valence electrons. The molecular weight excluding hydrogens is 344 g/mol. The van der Waals surface area contributed by atoms with Gasteiger partial charge in [-0.15, -0.1) is 0 Å². The van der Waals surface area contributed by atoms with Crippen molar-refractivity contribution in [1.29, 1.82) is 0 Å². The van der Waals surface area contributed by atoms with Crippen LogP contribution in [-0.4, -0.2) is 25.1 Å². The highest BCUT2D eigenvalue weighted by molar-refractivity contribution is 6.32. The first kappa shape index (κ1) is 16.9. The summed E-state index contributed by atoms with van der Waals surface area (Å²) in [4.78, 5) is 27.2. The quantitative estimate of drug-likeness (QED) is 0.748. The number of pyridine rings is 1. The van der Waals surface area contributed by atoms with Crippen molar-refractivity contribution in [3.8, 4) is 11.5 Å². The molecule has 0 spiro atoms. The Morgan fingerprint density at radius 2 is 1.80 bits per heavy atom. The number of carbonyl (C=O) groups is 1. The predicted molar refractivity (Wildman–Crippen MR) is 97.1 cm³/mol. The summed E-state index contributed by atoms with van der Waals surface area (Å²) in [5.41, 5.74) is 0.174. The molecule has 3 aromatic rings. The summed E-state index contributed by atoms with van der Waals surface area (Å²) in [6, 6.07) is 11.7. The summed E-state index contributed by atoms with van der Waals surface area (Å²) in [5, 5.41) is 4.21. The first-order valence-electron chi connectivity index (χ1n) is 7.38. The van der Waals surface area contributed by atoms with Gasteiger partial charge in [-0.25, -0.2) is 0 Å². The summed E-state index contributed by atoms with van der Waals surface area (Å²) in [5.74, 6) is 0.329. The Morgan fingerprint density at radius 3 is 2.52 bits per heavy atom. The van der Waals surface area contributed by atoms with E-state index in [9.17, 15) is 9.59 Å². The molecule has 6 nitrogen and oxygen atoms in total. The maximum Gasteiger partial charge on any atom is 0.272 e. The highest BCUT2D eigenvalue weighted by atomic mass is 35.5. The summed E-state index contributed by atoms with van der Waals surface area (Å²) >= 11 is 6.10. The molecule has 2 aromatic carbocycles. The van der Waals surface area contributed by atoms with Crippen LogP contribution in [0.2, 0.25) is 5.02 Å². The third-order valence-electron chi connectivity index (χ3n) is 3.72. The van der Waals surface area contributed by atoms with Crippen molar-refractivity contribution < 1.29 is 14.3 Å². The topological polar surface area (TPSA) is 80.4 Å². The molecule has 0 fully saturated rings. The standard InChI is InChI=1S/C18H15ClN2O4/c1-24-15-9-16(25-2)13(8-12(15)19)20-18(23)14-7-10-5-3-4-6-11(10)17(22)21-14/h3-9H,1-2H3,(H,20,23)(H,21,22). The van der Waals surface area contributed by atoms with Gasteiger partial charge in [0, 0.05) is 11.5 Å². The van der Waals surface area contributed by atoms with E-state index in [2.05, 4.69) is 10.3 Å². The van der Waals surface area contributed by atoms with Crippen LogP contribution >= 0.6 is 11.6 Å². The number of carbonyl (C=O) groups excluding carboxylic acids is 1. The van der Waals surface area contributed by atoms with Crippen molar-refractivity contribution in [3.05, 3.63) is 63.5 Å². The molecule has 0 saturated carbocycles. The number of anilines is 1. The number of benzene rings is 2. The zero-order valence-corrected chi connectivity index (χ0v) is 14.3. The van der Waals surface area contributed by atoms with Crippen LogP contribution in [0, 0.1) is 0 Å². The second-order valence-electron chi connectivity index (χ2n) is 5.24. The second-order valence-corrected chi connectivity index (χ2v) is 5.65. The first-order chi connectivity index (χ1) is 12.0. The number of fused-ring (bicyclic) bond motifs is 1. The molecule has 0 bridgehead atoms. The summed E-state index contributed by atoms with van der Waals surface area (Å²) < 4.78 is 10.4. The van der Waals surface area contributed by atoms with E-state index in [4.69, 9.17) is 21.1 Å². The smallest absolute Gasteiger partial charge is 0.272 e. The Morgan fingerprint density at radius 1 is 1.08 bits per heavy atom. The van der Waals surface area contributed by atoms with Crippen molar-refractivity contribution in [2.75, 3.05) is 19.5 Å². The van der Waals surface area contributed by atoms with E-state index in [0.29, 0.717) is 33.0 Å². The number of halogens is 1. The average molecular weight is 359 g/mol. The molecule has 3 rings (SSSR count). The maximum atomic E-state index is 12.5. The van der Waals surface area contributed by atoms with Gasteiger partial charge in [0.2, 0.25) is 0 Å². The molecule has 0 aliphatic rings. The van der Waals surface area contributed by atoms with Gasteiger partial charge in [-0.05, 0) is 23.6 Å². The van der Waals surface area contributed by atoms with Crippen LogP contribution in [-0.2, 0) is 0 Å². The van der Waals surface area contributed by atoms with Gasteiger partial charge in [0.25, 0.3) is 11.5 Å². The average Bonchev–Trinajstić information content (AvgIpc) is 2.62. The number of aromatic nitrogens is 1. The van der Waals surface area contributed by atoms with E-state index >= 15 is 0 Å².